The second kappa shape index (κ2) is 4.38. The number of hydrogen-bond donors (Lipinski definition) is 1. The van der Waals surface area contributed by atoms with Crippen molar-refractivity contribution in [2.24, 2.45) is 23.2 Å². The number of fused-ring (bicyclic) bond motifs is 3. The van der Waals surface area contributed by atoms with Crippen molar-refractivity contribution in [3.63, 3.8) is 0 Å². The van der Waals surface area contributed by atoms with Gasteiger partial charge in [-0.2, -0.15) is 0 Å². The Morgan fingerprint density at radius 2 is 1.88 bits per heavy atom. The van der Waals surface area contributed by atoms with E-state index in [0.717, 1.165) is 30.6 Å². The summed E-state index contributed by atoms with van der Waals surface area (Å²) in [7, 11) is 0. The highest BCUT2D eigenvalue weighted by molar-refractivity contribution is 5.66. The Kier molecular flexibility index (Phi) is 3.27. The van der Waals surface area contributed by atoms with Gasteiger partial charge >= 0.3 is 5.97 Å². The van der Waals surface area contributed by atoms with E-state index >= 15 is 0 Å². The van der Waals surface area contributed by atoms with Crippen LogP contribution in [0.1, 0.15) is 58.8 Å². The molecule has 0 saturated heterocycles. The van der Waals surface area contributed by atoms with Crippen LogP contribution in [0.4, 0.5) is 0 Å². The molecule has 1 unspecified atom stereocenters. The third-order valence-electron chi connectivity index (χ3n) is 5.25. The molecule has 0 aromatic carbocycles. The van der Waals surface area contributed by atoms with Crippen molar-refractivity contribution < 1.29 is 9.90 Å². The normalized spacial score (nSPS) is 36.2. The number of hydrogen-bond acceptors (Lipinski definition) is 1. The van der Waals surface area contributed by atoms with E-state index in [1.54, 1.807) is 0 Å². The lowest BCUT2D eigenvalue weighted by molar-refractivity contribution is -0.137. The molecule has 0 radical (unpaired) electrons. The summed E-state index contributed by atoms with van der Waals surface area (Å²) in [6, 6.07) is 0. The fraction of sp³-hybridized carbons (Fsp3) is 0.929. The highest BCUT2D eigenvalue weighted by Gasteiger charge is 2.47. The topological polar surface area (TPSA) is 37.3 Å². The summed E-state index contributed by atoms with van der Waals surface area (Å²) < 4.78 is 0. The highest BCUT2D eigenvalue weighted by Crippen LogP contribution is 2.57. The molecular weight excluding hydrogens is 200 g/mol. The lowest BCUT2D eigenvalue weighted by atomic mass is 9.51. The van der Waals surface area contributed by atoms with Crippen molar-refractivity contribution in [3.8, 4) is 0 Å². The Hall–Kier alpha value is -0.530. The van der Waals surface area contributed by atoms with E-state index < -0.39 is 5.97 Å². The van der Waals surface area contributed by atoms with Crippen LogP contribution in [-0.2, 0) is 4.79 Å². The molecule has 0 aromatic heterocycles. The minimum absolute atomic E-state index is 0.351. The van der Waals surface area contributed by atoms with Crippen molar-refractivity contribution in [1.82, 2.24) is 0 Å². The first-order valence-electron chi connectivity index (χ1n) is 6.73. The first-order chi connectivity index (χ1) is 7.51. The van der Waals surface area contributed by atoms with Crippen LogP contribution >= 0.6 is 0 Å². The van der Waals surface area contributed by atoms with Gasteiger partial charge in [0.1, 0.15) is 0 Å². The highest BCUT2D eigenvalue weighted by atomic mass is 16.4. The van der Waals surface area contributed by atoms with Gasteiger partial charge in [0, 0.05) is 6.42 Å². The summed E-state index contributed by atoms with van der Waals surface area (Å²) in [4.78, 5) is 10.6. The molecule has 0 spiro atoms. The van der Waals surface area contributed by atoms with Gasteiger partial charge in [-0.05, 0) is 61.7 Å². The molecule has 2 heteroatoms. The van der Waals surface area contributed by atoms with Crippen LogP contribution in [-0.4, -0.2) is 11.1 Å². The minimum atomic E-state index is -0.640. The van der Waals surface area contributed by atoms with Crippen LogP contribution in [0.15, 0.2) is 0 Å². The van der Waals surface area contributed by atoms with Gasteiger partial charge in [-0.15, -0.1) is 0 Å². The van der Waals surface area contributed by atoms with Crippen molar-refractivity contribution >= 4 is 5.97 Å². The van der Waals surface area contributed by atoms with Crippen molar-refractivity contribution in [2.45, 2.75) is 58.8 Å². The molecule has 0 amide bonds. The monoisotopic (exact) mass is 224 g/mol. The molecule has 1 atom stereocenters. The molecule has 92 valence electrons. The summed E-state index contributed by atoms with van der Waals surface area (Å²) in [5.41, 5.74) is 0.458. The van der Waals surface area contributed by atoms with Gasteiger partial charge in [0.15, 0.2) is 0 Å². The van der Waals surface area contributed by atoms with E-state index in [4.69, 9.17) is 5.11 Å². The zero-order valence-corrected chi connectivity index (χ0v) is 10.5. The largest absolute Gasteiger partial charge is 0.481 e. The number of carboxylic acids is 1. The van der Waals surface area contributed by atoms with Gasteiger partial charge < -0.3 is 5.11 Å². The van der Waals surface area contributed by atoms with Crippen molar-refractivity contribution in [2.75, 3.05) is 0 Å². The predicted molar refractivity (Wildman–Crippen MR) is 64.2 cm³/mol. The summed E-state index contributed by atoms with van der Waals surface area (Å²) in [5.74, 6) is 1.92. The first-order valence-corrected chi connectivity index (χ1v) is 6.73. The summed E-state index contributed by atoms with van der Waals surface area (Å²) in [6.45, 7) is 4.82. The zero-order valence-electron chi connectivity index (χ0n) is 10.5. The molecule has 0 aliphatic heterocycles. The summed E-state index contributed by atoms with van der Waals surface area (Å²) in [6.07, 6.45) is 7.95. The van der Waals surface area contributed by atoms with Crippen molar-refractivity contribution in [3.05, 3.63) is 0 Å². The smallest absolute Gasteiger partial charge is 0.303 e. The number of carboxylic acid groups (broad SMARTS) is 1. The second-order valence-electron chi connectivity index (χ2n) is 6.33. The van der Waals surface area contributed by atoms with Crippen molar-refractivity contribution in [1.29, 1.82) is 0 Å². The van der Waals surface area contributed by atoms with Gasteiger partial charge in [0.2, 0.25) is 0 Å². The maximum absolute atomic E-state index is 10.6. The van der Waals surface area contributed by atoms with E-state index in [2.05, 4.69) is 13.8 Å². The Bertz CT molecular complexity index is 262. The third-order valence-corrected chi connectivity index (χ3v) is 5.25. The quantitative estimate of drug-likeness (QED) is 0.790. The van der Waals surface area contributed by atoms with Gasteiger partial charge in [0.05, 0.1) is 0 Å². The molecule has 3 aliphatic carbocycles. The summed E-state index contributed by atoms with van der Waals surface area (Å²) >= 11 is 0. The maximum Gasteiger partial charge on any atom is 0.303 e. The third kappa shape index (κ3) is 2.11. The molecule has 3 rings (SSSR count). The van der Waals surface area contributed by atoms with E-state index in [1.165, 1.54) is 25.7 Å². The lowest BCUT2D eigenvalue weighted by Gasteiger charge is -2.54. The molecule has 0 aromatic rings. The number of carbonyl (C=O) groups is 1. The zero-order chi connectivity index (χ0) is 11.8. The first kappa shape index (κ1) is 11.9. The molecule has 16 heavy (non-hydrogen) atoms. The number of rotatable bonds is 4. The molecule has 1 N–H and O–H groups in total. The van der Waals surface area contributed by atoms with Gasteiger partial charge in [-0.3, -0.25) is 4.79 Å². The molecule has 3 fully saturated rings. The van der Waals surface area contributed by atoms with E-state index in [9.17, 15) is 4.79 Å². The van der Waals surface area contributed by atoms with E-state index in [1.807, 2.05) is 0 Å². The fourth-order valence-corrected chi connectivity index (χ4v) is 4.26. The molecule has 2 bridgehead atoms. The van der Waals surface area contributed by atoms with Crippen LogP contribution in [0.2, 0.25) is 0 Å². The molecule has 3 saturated carbocycles. The standard InChI is InChI=1S/C14H24O2/c1-14(2)11-8-6-10(7-9-11)12(14)4-3-5-13(15)16/h10-12H,3-9H2,1-2H3,(H,15,16). The van der Waals surface area contributed by atoms with Crippen LogP contribution in [0.3, 0.4) is 0 Å². The Labute approximate surface area is 98.4 Å². The average molecular weight is 224 g/mol. The summed E-state index contributed by atoms with van der Waals surface area (Å²) in [5, 5.41) is 8.70. The SMILES string of the molecule is CC1(C)C2CCC(CC2)C1CCCC(=O)O. The fourth-order valence-electron chi connectivity index (χ4n) is 4.26. The Balaban J connectivity index is 1.94. The van der Waals surface area contributed by atoms with Crippen LogP contribution in [0.5, 0.6) is 0 Å². The van der Waals surface area contributed by atoms with Gasteiger partial charge in [-0.1, -0.05) is 13.8 Å². The molecule has 3 aliphatic rings. The van der Waals surface area contributed by atoms with Crippen LogP contribution in [0, 0.1) is 23.2 Å². The van der Waals surface area contributed by atoms with Gasteiger partial charge in [-0.25, -0.2) is 0 Å². The van der Waals surface area contributed by atoms with Crippen LogP contribution in [0.25, 0.3) is 0 Å². The van der Waals surface area contributed by atoms with Crippen LogP contribution < -0.4 is 0 Å². The minimum Gasteiger partial charge on any atom is -0.481 e. The molecule has 2 nitrogen and oxygen atoms in total. The lowest BCUT2D eigenvalue weighted by Crippen LogP contribution is -2.46. The predicted octanol–water partition coefficient (Wildman–Crippen LogP) is 3.70. The maximum atomic E-state index is 10.6. The Morgan fingerprint density at radius 1 is 1.25 bits per heavy atom. The van der Waals surface area contributed by atoms with E-state index in [-0.39, 0.29) is 0 Å². The number of aliphatic carboxylic acids is 1. The average Bonchev–Trinajstić information content (AvgIpc) is 2.22. The second-order valence-corrected chi connectivity index (χ2v) is 6.33. The van der Waals surface area contributed by atoms with E-state index in [0.29, 0.717) is 11.8 Å². The molecule has 0 heterocycles. The Morgan fingerprint density at radius 3 is 2.38 bits per heavy atom. The van der Waals surface area contributed by atoms with Gasteiger partial charge in [0.25, 0.3) is 0 Å². The molecular formula is C14H24O2.